The van der Waals surface area contributed by atoms with Crippen molar-refractivity contribution in [3.63, 3.8) is 0 Å². The molecule has 1 aromatic carbocycles. The molecule has 3 nitrogen and oxygen atoms in total. The average Bonchev–Trinajstić information content (AvgIpc) is 2.52. The molecule has 118 valence electrons. The first kappa shape index (κ1) is 16.5. The van der Waals surface area contributed by atoms with E-state index in [1.165, 1.54) is 24.9 Å². The van der Waals surface area contributed by atoms with E-state index in [0.29, 0.717) is 6.04 Å². The predicted octanol–water partition coefficient (Wildman–Crippen LogP) is 3.23. The molecule has 1 aromatic rings. The molecule has 1 fully saturated rings. The highest BCUT2D eigenvalue weighted by Gasteiger charge is 2.30. The zero-order valence-electron chi connectivity index (χ0n) is 13.8. The summed E-state index contributed by atoms with van der Waals surface area (Å²) in [5, 5.41) is 3.62. The Kier molecular flexibility index (Phi) is 6.22. The van der Waals surface area contributed by atoms with Crippen LogP contribution in [0.1, 0.15) is 44.7 Å². The van der Waals surface area contributed by atoms with Gasteiger partial charge in [-0.1, -0.05) is 37.3 Å². The number of nitrogens with zero attached hydrogens (tertiary/aromatic N) is 1. The molecule has 2 rings (SSSR count). The summed E-state index contributed by atoms with van der Waals surface area (Å²) in [6.07, 6.45) is 3.56. The van der Waals surface area contributed by atoms with Crippen molar-refractivity contribution in [1.29, 1.82) is 0 Å². The molecule has 0 spiro atoms. The smallest absolute Gasteiger partial charge is 0.0777 e. The summed E-state index contributed by atoms with van der Waals surface area (Å²) in [4.78, 5) is 2.56. The van der Waals surface area contributed by atoms with Gasteiger partial charge in [-0.3, -0.25) is 0 Å². The fraction of sp³-hybridized carbons (Fsp3) is 0.667. The van der Waals surface area contributed by atoms with Crippen LogP contribution in [0.15, 0.2) is 30.3 Å². The molecule has 0 aromatic heterocycles. The van der Waals surface area contributed by atoms with Crippen molar-refractivity contribution in [3.8, 4) is 0 Å². The highest BCUT2D eigenvalue weighted by Crippen LogP contribution is 2.25. The molecule has 2 atom stereocenters. The molecule has 1 heterocycles. The van der Waals surface area contributed by atoms with Gasteiger partial charge in [0.15, 0.2) is 0 Å². The van der Waals surface area contributed by atoms with Crippen LogP contribution in [-0.4, -0.2) is 43.8 Å². The van der Waals surface area contributed by atoms with Crippen molar-refractivity contribution in [1.82, 2.24) is 10.2 Å². The van der Waals surface area contributed by atoms with Crippen LogP contribution in [0.4, 0.5) is 0 Å². The van der Waals surface area contributed by atoms with Gasteiger partial charge in [-0.05, 0) is 44.8 Å². The van der Waals surface area contributed by atoms with E-state index in [4.69, 9.17) is 4.74 Å². The van der Waals surface area contributed by atoms with Crippen molar-refractivity contribution in [2.75, 3.05) is 33.3 Å². The normalized spacial score (nSPS) is 24.9. The summed E-state index contributed by atoms with van der Waals surface area (Å²) < 4.78 is 5.69. The fourth-order valence-electron chi connectivity index (χ4n) is 3.30. The Morgan fingerprint density at radius 2 is 2.10 bits per heavy atom. The Hall–Kier alpha value is -0.900. The van der Waals surface area contributed by atoms with Gasteiger partial charge in [0.05, 0.1) is 5.60 Å². The minimum absolute atomic E-state index is 0.0404. The molecule has 0 saturated carbocycles. The van der Waals surface area contributed by atoms with E-state index in [-0.39, 0.29) is 5.60 Å². The maximum absolute atomic E-state index is 5.69. The number of nitrogens with one attached hydrogen (secondary N) is 1. The quantitative estimate of drug-likeness (QED) is 0.834. The van der Waals surface area contributed by atoms with Crippen LogP contribution in [-0.2, 0) is 4.74 Å². The van der Waals surface area contributed by atoms with E-state index < -0.39 is 0 Å². The Labute approximate surface area is 129 Å². The van der Waals surface area contributed by atoms with Crippen LogP contribution in [0.3, 0.4) is 0 Å². The van der Waals surface area contributed by atoms with Gasteiger partial charge in [0, 0.05) is 26.2 Å². The second kappa shape index (κ2) is 7.92. The first-order chi connectivity index (χ1) is 10.2. The maximum Gasteiger partial charge on any atom is 0.0777 e. The molecule has 0 bridgehead atoms. The molecule has 0 amide bonds. The van der Waals surface area contributed by atoms with E-state index in [1.807, 2.05) is 7.11 Å². The third-order valence-corrected chi connectivity index (χ3v) is 4.62. The highest BCUT2D eigenvalue weighted by molar-refractivity contribution is 5.18. The van der Waals surface area contributed by atoms with E-state index >= 15 is 0 Å². The van der Waals surface area contributed by atoms with Crippen LogP contribution in [0.25, 0.3) is 0 Å². The van der Waals surface area contributed by atoms with Crippen LogP contribution in [0.2, 0.25) is 0 Å². The molecule has 1 aliphatic heterocycles. The Morgan fingerprint density at radius 1 is 1.33 bits per heavy atom. The number of rotatable bonds is 7. The van der Waals surface area contributed by atoms with Gasteiger partial charge in [-0.25, -0.2) is 0 Å². The zero-order valence-corrected chi connectivity index (χ0v) is 13.8. The number of piperidine rings is 1. The number of likely N-dealkylation sites (tertiary alicyclic amines) is 1. The largest absolute Gasteiger partial charge is 0.377 e. The van der Waals surface area contributed by atoms with E-state index in [9.17, 15) is 0 Å². The predicted molar refractivity (Wildman–Crippen MR) is 88.6 cm³/mol. The molecule has 1 aliphatic rings. The van der Waals surface area contributed by atoms with Gasteiger partial charge in [0.2, 0.25) is 0 Å². The lowest BCUT2D eigenvalue weighted by atomic mass is 9.94. The Bertz CT molecular complexity index is 409. The monoisotopic (exact) mass is 290 g/mol. The van der Waals surface area contributed by atoms with Gasteiger partial charge in [-0.2, -0.15) is 0 Å². The van der Waals surface area contributed by atoms with Crippen LogP contribution >= 0.6 is 0 Å². The molecule has 2 unspecified atom stereocenters. The molecule has 0 radical (unpaired) electrons. The number of methoxy groups -OCH3 is 1. The van der Waals surface area contributed by atoms with Gasteiger partial charge in [0.25, 0.3) is 0 Å². The topological polar surface area (TPSA) is 24.5 Å². The number of hydrogen-bond acceptors (Lipinski definition) is 3. The van der Waals surface area contributed by atoms with Gasteiger partial charge < -0.3 is 15.0 Å². The first-order valence-electron chi connectivity index (χ1n) is 8.23. The molecule has 0 aliphatic carbocycles. The zero-order chi connectivity index (χ0) is 15.1. The summed E-state index contributed by atoms with van der Waals surface area (Å²) in [6, 6.07) is 11.2. The lowest BCUT2D eigenvalue weighted by Crippen LogP contribution is -2.48. The summed E-state index contributed by atoms with van der Waals surface area (Å²) in [6.45, 7) is 8.81. The minimum atomic E-state index is 0.0404. The molecular formula is C18H30N2O. The van der Waals surface area contributed by atoms with Crippen LogP contribution in [0.5, 0.6) is 0 Å². The second-order valence-electron chi connectivity index (χ2n) is 6.34. The van der Waals surface area contributed by atoms with Gasteiger partial charge >= 0.3 is 0 Å². The summed E-state index contributed by atoms with van der Waals surface area (Å²) in [7, 11) is 1.84. The molecule has 1 saturated heterocycles. The van der Waals surface area contributed by atoms with Gasteiger partial charge in [0.1, 0.15) is 0 Å². The average molecular weight is 290 g/mol. The lowest BCUT2D eigenvalue weighted by Gasteiger charge is -2.40. The van der Waals surface area contributed by atoms with E-state index in [0.717, 1.165) is 26.1 Å². The maximum atomic E-state index is 5.69. The van der Waals surface area contributed by atoms with Crippen molar-refractivity contribution >= 4 is 0 Å². The van der Waals surface area contributed by atoms with E-state index in [2.05, 4.69) is 54.4 Å². The van der Waals surface area contributed by atoms with Crippen molar-refractivity contribution in [2.24, 2.45) is 0 Å². The Balaban J connectivity index is 1.90. The molecule has 21 heavy (non-hydrogen) atoms. The number of benzene rings is 1. The standard InChI is InChI=1S/C18H30N2O/c1-4-19-17(16-9-6-5-7-10-16)11-14-20-13-8-12-18(2,15-20)21-3/h5-7,9-10,17,19H,4,8,11-15H2,1-3H3. The summed E-state index contributed by atoms with van der Waals surface area (Å²) >= 11 is 0. The number of ether oxygens (including phenoxy) is 1. The SMILES string of the molecule is CCNC(CCN1CCCC(C)(OC)C1)c1ccccc1. The first-order valence-corrected chi connectivity index (χ1v) is 8.23. The fourth-order valence-corrected chi connectivity index (χ4v) is 3.30. The number of hydrogen-bond donors (Lipinski definition) is 1. The minimum Gasteiger partial charge on any atom is -0.377 e. The molecule has 3 heteroatoms. The molecule has 1 N–H and O–H groups in total. The van der Waals surface area contributed by atoms with Gasteiger partial charge in [-0.15, -0.1) is 0 Å². The van der Waals surface area contributed by atoms with Crippen molar-refractivity contribution in [3.05, 3.63) is 35.9 Å². The molecular weight excluding hydrogens is 260 g/mol. The summed E-state index contributed by atoms with van der Waals surface area (Å²) in [5.41, 5.74) is 1.43. The lowest BCUT2D eigenvalue weighted by molar-refractivity contribution is -0.0512. The van der Waals surface area contributed by atoms with Crippen LogP contribution in [0, 0.1) is 0 Å². The third kappa shape index (κ3) is 4.80. The van der Waals surface area contributed by atoms with Crippen molar-refractivity contribution < 1.29 is 4.74 Å². The van der Waals surface area contributed by atoms with E-state index in [1.54, 1.807) is 0 Å². The third-order valence-electron chi connectivity index (χ3n) is 4.62. The summed E-state index contributed by atoms with van der Waals surface area (Å²) in [5.74, 6) is 0. The second-order valence-corrected chi connectivity index (χ2v) is 6.34. The van der Waals surface area contributed by atoms with Crippen LogP contribution < -0.4 is 5.32 Å². The van der Waals surface area contributed by atoms with Crippen molar-refractivity contribution in [2.45, 2.75) is 44.8 Å². The highest BCUT2D eigenvalue weighted by atomic mass is 16.5. The Morgan fingerprint density at radius 3 is 2.76 bits per heavy atom.